The van der Waals surface area contributed by atoms with Crippen LogP contribution in [0.2, 0.25) is 5.02 Å². The number of carbonyl (C=O) groups is 1. The summed E-state index contributed by atoms with van der Waals surface area (Å²) in [4.78, 5) is 29.7. The molecular formula is C26H22ClN3O3. The van der Waals surface area contributed by atoms with Crippen molar-refractivity contribution in [3.8, 4) is 11.8 Å². The summed E-state index contributed by atoms with van der Waals surface area (Å²) >= 11 is 6.46. The zero-order valence-electron chi connectivity index (χ0n) is 18.3. The highest BCUT2D eigenvalue weighted by atomic mass is 35.5. The van der Waals surface area contributed by atoms with E-state index in [0.717, 1.165) is 16.8 Å². The second-order valence-corrected chi connectivity index (χ2v) is 8.52. The minimum atomic E-state index is -0.220. The lowest BCUT2D eigenvalue weighted by atomic mass is 9.83. The molecule has 0 aliphatic heterocycles. The molecule has 0 radical (unpaired) electrons. The van der Waals surface area contributed by atoms with Gasteiger partial charge in [0.2, 0.25) is 0 Å². The topological polar surface area (TPSA) is 85.0 Å². The van der Waals surface area contributed by atoms with Crippen molar-refractivity contribution in [3.05, 3.63) is 97.7 Å². The number of Topliss-reactive ketones (excluding diaryl/α,β-unsaturated/α-hetero) is 1. The number of nitriles is 1. The number of hydrogen-bond acceptors (Lipinski definition) is 5. The van der Waals surface area contributed by atoms with Gasteiger partial charge in [-0.25, -0.2) is 0 Å². The molecule has 0 saturated carbocycles. The van der Waals surface area contributed by atoms with E-state index < -0.39 is 0 Å². The van der Waals surface area contributed by atoms with Gasteiger partial charge in [0.05, 0.1) is 10.7 Å². The summed E-state index contributed by atoms with van der Waals surface area (Å²) in [7, 11) is 1.58. The minimum Gasteiger partial charge on any atom is -0.486 e. The van der Waals surface area contributed by atoms with E-state index >= 15 is 0 Å². The molecule has 1 aliphatic carbocycles. The maximum absolute atomic E-state index is 12.9. The fourth-order valence-corrected chi connectivity index (χ4v) is 4.21. The molecule has 1 aliphatic rings. The van der Waals surface area contributed by atoms with Crippen molar-refractivity contribution in [2.75, 3.05) is 0 Å². The van der Waals surface area contributed by atoms with Crippen molar-refractivity contribution < 1.29 is 9.53 Å². The standard InChI is InChI=1S/C26H22ClN3O3/c1-16(9-17-6-7-21(14-28)30(2)26(17)32)22-10-18-11-23(27)25(13-19(18)12-24(22)31)33-15-20-5-3-4-8-29-20/h3-8,10-11,13,16H,9,12,15H2,1-2H3/t16-/m1/s1. The summed E-state index contributed by atoms with van der Waals surface area (Å²) in [6, 6.07) is 14.5. The quantitative estimate of drug-likeness (QED) is 0.549. The van der Waals surface area contributed by atoms with Gasteiger partial charge >= 0.3 is 0 Å². The molecule has 4 rings (SSSR count). The van der Waals surface area contributed by atoms with Crippen molar-refractivity contribution in [2.45, 2.75) is 26.4 Å². The summed E-state index contributed by atoms with van der Waals surface area (Å²) in [5, 5.41) is 9.56. The number of benzene rings is 1. The van der Waals surface area contributed by atoms with Gasteiger partial charge in [-0.15, -0.1) is 0 Å². The van der Waals surface area contributed by atoms with E-state index in [9.17, 15) is 9.59 Å². The van der Waals surface area contributed by atoms with Crippen LogP contribution in [-0.2, 0) is 31.3 Å². The fourth-order valence-electron chi connectivity index (χ4n) is 3.98. The van der Waals surface area contributed by atoms with E-state index in [4.69, 9.17) is 21.6 Å². The zero-order chi connectivity index (χ0) is 23.5. The van der Waals surface area contributed by atoms with E-state index in [0.29, 0.717) is 34.0 Å². The van der Waals surface area contributed by atoms with Gasteiger partial charge in [0.25, 0.3) is 5.56 Å². The van der Waals surface area contributed by atoms with E-state index in [1.807, 2.05) is 49.4 Å². The molecule has 2 aromatic heterocycles. The summed E-state index contributed by atoms with van der Waals surface area (Å²) in [5.74, 6) is 0.364. The Morgan fingerprint density at radius 3 is 2.79 bits per heavy atom. The van der Waals surface area contributed by atoms with Crippen LogP contribution in [0.15, 0.2) is 59.0 Å². The van der Waals surface area contributed by atoms with Gasteiger partial charge in [0.1, 0.15) is 24.1 Å². The van der Waals surface area contributed by atoms with Gasteiger partial charge in [0.15, 0.2) is 5.78 Å². The minimum absolute atomic E-state index is 0.0125. The number of aromatic nitrogens is 2. The molecule has 166 valence electrons. The average molecular weight is 460 g/mol. The molecule has 3 aromatic rings. The van der Waals surface area contributed by atoms with Crippen LogP contribution in [0.5, 0.6) is 5.75 Å². The SMILES string of the molecule is C[C@H](Cc1ccc(C#N)n(C)c1=O)C1=Cc2cc(Cl)c(OCc3ccccn3)cc2CC1=O. The van der Waals surface area contributed by atoms with Gasteiger partial charge in [0, 0.05) is 25.2 Å². The Labute approximate surface area is 196 Å². The Morgan fingerprint density at radius 2 is 2.06 bits per heavy atom. The molecule has 0 saturated heterocycles. The first-order valence-corrected chi connectivity index (χ1v) is 10.9. The average Bonchev–Trinajstić information content (AvgIpc) is 2.81. The summed E-state index contributed by atoms with van der Waals surface area (Å²) in [6.45, 7) is 2.21. The highest BCUT2D eigenvalue weighted by Crippen LogP contribution is 2.35. The van der Waals surface area contributed by atoms with Crippen molar-refractivity contribution in [1.82, 2.24) is 9.55 Å². The molecule has 0 N–H and O–H groups in total. The van der Waals surface area contributed by atoms with Crippen molar-refractivity contribution >= 4 is 23.5 Å². The van der Waals surface area contributed by atoms with Gasteiger partial charge in [-0.1, -0.05) is 30.7 Å². The van der Waals surface area contributed by atoms with Gasteiger partial charge < -0.3 is 9.30 Å². The second kappa shape index (κ2) is 9.43. The third-order valence-electron chi connectivity index (χ3n) is 5.83. The zero-order valence-corrected chi connectivity index (χ0v) is 19.1. The number of pyridine rings is 2. The molecule has 0 fully saturated rings. The number of ketones is 1. The first kappa shape index (κ1) is 22.5. The number of nitrogens with zero attached hydrogens (tertiary/aromatic N) is 3. The van der Waals surface area contributed by atoms with Crippen LogP contribution >= 0.6 is 11.6 Å². The third kappa shape index (κ3) is 4.74. The predicted molar refractivity (Wildman–Crippen MR) is 126 cm³/mol. The molecule has 0 bridgehead atoms. The molecule has 6 nitrogen and oxygen atoms in total. The Hall–Kier alpha value is -3.69. The number of allylic oxidation sites excluding steroid dienone is 1. The predicted octanol–water partition coefficient (Wildman–Crippen LogP) is 4.27. The molecule has 2 heterocycles. The molecule has 33 heavy (non-hydrogen) atoms. The Balaban J connectivity index is 1.56. The van der Waals surface area contributed by atoms with Crippen LogP contribution in [0, 0.1) is 17.2 Å². The van der Waals surface area contributed by atoms with Crippen LogP contribution in [0.4, 0.5) is 0 Å². The molecule has 1 atom stereocenters. The molecule has 0 unspecified atom stereocenters. The Bertz CT molecular complexity index is 1350. The molecule has 7 heteroatoms. The van der Waals surface area contributed by atoms with Gasteiger partial charge in [-0.05, 0) is 65.4 Å². The third-order valence-corrected chi connectivity index (χ3v) is 6.13. The lowest BCUT2D eigenvalue weighted by molar-refractivity contribution is -0.115. The largest absolute Gasteiger partial charge is 0.486 e. The molecule has 0 amide bonds. The summed E-state index contributed by atoms with van der Waals surface area (Å²) in [5.41, 5.74) is 3.82. The second-order valence-electron chi connectivity index (χ2n) is 8.12. The van der Waals surface area contributed by atoms with Gasteiger partial charge in [-0.3, -0.25) is 14.6 Å². The Morgan fingerprint density at radius 1 is 1.24 bits per heavy atom. The monoisotopic (exact) mass is 459 g/mol. The number of carbonyl (C=O) groups excluding carboxylic acids is 1. The molecular weight excluding hydrogens is 438 g/mol. The summed E-state index contributed by atoms with van der Waals surface area (Å²) in [6.07, 6.45) is 4.21. The molecule has 1 aromatic carbocycles. The van der Waals surface area contributed by atoms with Crippen LogP contribution in [-0.4, -0.2) is 15.3 Å². The number of halogens is 1. The van der Waals surface area contributed by atoms with Crippen LogP contribution < -0.4 is 10.3 Å². The lowest BCUT2D eigenvalue weighted by Crippen LogP contribution is -2.26. The smallest absolute Gasteiger partial charge is 0.254 e. The van der Waals surface area contributed by atoms with E-state index in [1.165, 1.54) is 4.57 Å². The number of ether oxygens (including phenoxy) is 1. The van der Waals surface area contributed by atoms with Crippen LogP contribution in [0.3, 0.4) is 0 Å². The van der Waals surface area contributed by atoms with Crippen LogP contribution in [0.1, 0.15) is 35.0 Å². The normalized spacial score (nSPS) is 13.6. The Kier molecular flexibility index (Phi) is 6.43. The highest BCUT2D eigenvalue weighted by molar-refractivity contribution is 6.32. The number of rotatable bonds is 6. The van der Waals surface area contributed by atoms with E-state index in [-0.39, 0.29) is 30.3 Å². The van der Waals surface area contributed by atoms with Gasteiger partial charge in [-0.2, -0.15) is 5.26 Å². The molecule has 0 spiro atoms. The highest BCUT2D eigenvalue weighted by Gasteiger charge is 2.25. The number of fused-ring (bicyclic) bond motifs is 1. The maximum Gasteiger partial charge on any atom is 0.254 e. The van der Waals surface area contributed by atoms with E-state index in [1.54, 1.807) is 25.4 Å². The summed E-state index contributed by atoms with van der Waals surface area (Å²) < 4.78 is 7.17. The first-order valence-electron chi connectivity index (χ1n) is 10.6. The maximum atomic E-state index is 12.9. The lowest BCUT2D eigenvalue weighted by Gasteiger charge is -2.22. The van der Waals surface area contributed by atoms with E-state index in [2.05, 4.69) is 4.98 Å². The van der Waals surface area contributed by atoms with Crippen LogP contribution in [0.25, 0.3) is 6.08 Å². The fraction of sp³-hybridized carbons (Fsp3) is 0.231. The van der Waals surface area contributed by atoms with Crippen molar-refractivity contribution in [2.24, 2.45) is 13.0 Å². The van der Waals surface area contributed by atoms with Crippen molar-refractivity contribution in [1.29, 1.82) is 5.26 Å². The first-order chi connectivity index (χ1) is 15.9. The van der Waals surface area contributed by atoms with Crippen molar-refractivity contribution in [3.63, 3.8) is 0 Å². The number of hydrogen-bond donors (Lipinski definition) is 0.